The van der Waals surface area contributed by atoms with E-state index in [2.05, 4.69) is 27.5 Å². The summed E-state index contributed by atoms with van der Waals surface area (Å²) in [5.74, 6) is -0.00428. The number of carbonyl (C=O) groups excluding carboxylic acids is 1. The molecule has 0 bridgehead atoms. The number of amides is 1. The van der Waals surface area contributed by atoms with Gasteiger partial charge in [0, 0.05) is 24.8 Å². The van der Waals surface area contributed by atoms with Crippen LogP contribution >= 0.6 is 11.3 Å². The molecule has 0 atom stereocenters. The van der Waals surface area contributed by atoms with Crippen LogP contribution in [0.25, 0.3) is 0 Å². The monoisotopic (exact) mass is 274 g/mol. The average molecular weight is 274 g/mol. The van der Waals surface area contributed by atoms with E-state index in [1.165, 1.54) is 5.56 Å². The van der Waals surface area contributed by atoms with Crippen molar-refractivity contribution in [2.24, 2.45) is 0 Å². The van der Waals surface area contributed by atoms with Crippen LogP contribution in [0.5, 0.6) is 0 Å². The molecule has 1 amide bonds. The fourth-order valence-corrected chi connectivity index (χ4v) is 2.63. The quantitative estimate of drug-likeness (QED) is 0.879. The van der Waals surface area contributed by atoms with E-state index in [0.717, 1.165) is 23.2 Å². The molecule has 19 heavy (non-hydrogen) atoms. The van der Waals surface area contributed by atoms with Gasteiger partial charge in [0.05, 0.1) is 0 Å². The number of thiophene rings is 1. The number of rotatable bonds is 5. The number of hydrogen-bond acceptors (Lipinski definition) is 3. The van der Waals surface area contributed by atoms with Crippen LogP contribution in [0.3, 0.4) is 0 Å². The van der Waals surface area contributed by atoms with Crippen LogP contribution in [0, 0.1) is 6.92 Å². The fraction of sp³-hybridized carbons (Fsp3) is 0.267. The highest BCUT2D eigenvalue weighted by molar-refractivity contribution is 7.07. The van der Waals surface area contributed by atoms with Gasteiger partial charge in [-0.25, -0.2) is 0 Å². The van der Waals surface area contributed by atoms with Crippen molar-refractivity contribution in [2.75, 3.05) is 18.9 Å². The highest BCUT2D eigenvalue weighted by Gasteiger charge is 2.08. The molecule has 3 nitrogen and oxygen atoms in total. The SMILES string of the molecule is CNc1ccc(C(=O)NCCc2ccsc2)c(C)c1. The predicted octanol–water partition coefficient (Wildman–Crippen LogP) is 3.07. The van der Waals surface area contributed by atoms with Gasteiger partial charge < -0.3 is 10.6 Å². The van der Waals surface area contributed by atoms with Gasteiger partial charge in [0.2, 0.25) is 0 Å². The van der Waals surface area contributed by atoms with Crippen LogP contribution in [0.2, 0.25) is 0 Å². The number of carbonyl (C=O) groups is 1. The van der Waals surface area contributed by atoms with Crippen molar-refractivity contribution in [2.45, 2.75) is 13.3 Å². The van der Waals surface area contributed by atoms with Gasteiger partial charge in [-0.3, -0.25) is 4.79 Å². The van der Waals surface area contributed by atoms with E-state index < -0.39 is 0 Å². The molecule has 2 N–H and O–H groups in total. The third-order valence-electron chi connectivity index (χ3n) is 3.04. The molecule has 0 spiro atoms. The van der Waals surface area contributed by atoms with Crippen LogP contribution in [0.15, 0.2) is 35.0 Å². The topological polar surface area (TPSA) is 41.1 Å². The summed E-state index contributed by atoms with van der Waals surface area (Å²) in [5.41, 5.74) is 4.02. The number of benzene rings is 1. The van der Waals surface area contributed by atoms with Crippen molar-refractivity contribution in [1.29, 1.82) is 0 Å². The van der Waals surface area contributed by atoms with Crippen molar-refractivity contribution < 1.29 is 4.79 Å². The second-order valence-electron chi connectivity index (χ2n) is 4.42. The van der Waals surface area contributed by atoms with Crippen LogP contribution in [0.4, 0.5) is 5.69 Å². The van der Waals surface area contributed by atoms with E-state index in [0.29, 0.717) is 6.54 Å². The first-order valence-electron chi connectivity index (χ1n) is 6.28. The Hall–Kier alpha value is -1.81. The zero-order valence-electron chi connectivity index (χ0n) is 11.2. The normalized spacial score (nSPS) is 10.2. The van der Waals surface area contributed by atoms with Gasteiger partial charge in [-0.15, -0.1) is 0 Å². The largest absolute Gasteiger partial charge is 0.388 e. The van der Waals surface area contributed by atoms with Gasteiger partial charge in [-0.2, -0.15) is 11.3 Å². The number of anilines is 1. The van der Waals surface area contributed by atoms with Crippen LogP contribution in [-0.4, -0.2) is 19.5 Å². The van der Waals surface area contributed by atoms with Gasteiger partial charge in [0.1, 0.15) is 0 Å². The molecule has 0 aliphatic carbocycles. The molecule has 0 unspecified atom stereocenters. The number of nitrogens with one attached hydrogen (secondary N) is 2. The van der Waals surface area contributed by atoms with Gasteiger partial charge in [-0.05, 0) is 59.5 Å². The fourth-order valence-electron chi connectivity index (χ4n) is 1.92. The third-order valence-corrected chi connectivity index (χ3v) is 3.77. The molecule has 100 valence electrons. The van der Waals surface area contributed by atoms with E-state index in [4.69, 9.17) is 0 Å². The lowest BCUT2D eigenvalue weighted by molar-refractivity contribution is 0.0953. The molecule has 2 rings (SSSR count). The van der Waals surface area contributed by atoms with Crippen molar-refractivity contribution in [3.63, 3.8) is 0 Å². The smallest absolute Gasteiger partial charge is 0.251 e. The van der Waals surface area contributed by atoms with Crippen LogP contribution < -0.4 is 10.6 Å². The molecule has 0 fully saturated rings. The average Bonchev–Trinajstić information content (AvgIpc) is 2.91. The Morgan fingerprint density at radius 2 is 2.16 bits per heavy atom. The Kier molecular flexibility index (Phi) is 4.58. The Balaban J connectivity index is 1.92. The summed E-state index contributed by atoms with van der Waals surface area (Å²) in [7, 11) is 1.87. The first-order valence-corrected chi connectivity index (χ1v) is 7.22. The molecule has 0 saturated carbocycles. The molecule has 0 saturated heterocycles. The lowest BCUT2D eigenvalue weighted by Crippen LogP contribution is -2.26. The lowest BCUT2D eigenvalue weighted by atomic mass is 10.1. The predicted molar refractivity (Wildman–Crippen MR) is 81.1 cm³/mol. The van der Waals surface area contributed by atoms with Crippen molar-refractivity contribution in [3.8, 4) is 0 Å². The van der Waals surface area contributed by atoms with E-state index in [1.54, 1.807) is 11.3 Å². The number of aryl methyl sites for hydroxylation is 1. The first-order chi connectivity index (χ1) is 9.20. The van der Waals surface area contributed by atoms with Crippen molar-refractivity contribution in [3.05, 3.63) is 51.7 Å². The van der Waals surface area contributed by atoms with E-state index in [-0.39, 0.29) is 5.91 Å². The standard InChI is InChI=1S/C15H18N2OS/c1-11-9-13(16-2)3-4-14(11)15(18)17-7-5-12-6-8-19-10-12/h3-4,6,8-10,16H,5,7H2,1-2H3,(H,17,18). The van der Waals surface area contributed by atoms with E-state index >= 15 is 0 Å². The molecular weight excluding hydrogens is 256 g/mol. The molecule has 2 aromatic rings. The maximum absolute atomic E-state index is 12.1. The summed E-state index contributed by atoms with van der Waals surface area (Å²) in [4.78, 5) is 12.1. The Morgan fingerprint density at radius 1 is 1.32 bits per heavy atom. The Morgan fingerprint density at radius 3 is 2.79 bits per heavy atom. The summed E-state index contributed by atoms with van der Waals surface area (Å²) in [6.45, 7) is 2.62. The van der Waals surface area contributed by atoms with E-state index in [9.17, 15) is 4.79 Å². The Labute approximate surface area is 117 Å². The minimum Gasteiger partial charge on any atom is -0.388 e. The second-order valence-corrected chi connectivity index (χ2v) is 5.20. The van der Waals surface area contributed by atoms with Crippen LogP contribution in [0.1, 0.15) is 21.5 Å². The second kappa shape index (κ2) is 6.38. The van der Waals surface area contributed by atoms with Gasteiger partial charge >= 0.3 is 0 Å². The van der Waals surface area contributed by atoms with E-state index in [1.807, 2.05) is 32.2 Å². The summed E-state index contributed by atoms with van der Waals surface area (Å²) in [6.07, 6.45) is 0.878. The number of hydrogen-bond donors (Lipinski definition) is 2. The highest BCUT2D eigenvalue weighted by atomic mass is 32.1. The first kappa shape index (κ1) is 13.6. The van der Waals surface area contributed by atoms with Gasteiger partial charge in [-0.1, -0.05) is 0 Å². The zero-order chi connectivity index (χ0) is 13.7. The maximum atomic E-state index is 12.1. The van der Waals surface area contributed by atoms with Gasteiger partial charge in [0.25, 0.3) is 5.91 Å². The van der Waals surface area contributed by atoms with Gasteiger partial charge in [0.15, 0.2) is 0 Å². The molecule has 1 aromatic carbocycles. The molecular formula is C15H18N2OS. The minimum absolute atomic E-state index is 0.00428. The molecule has 0 aliphatic heterocycles. The molecule has 1 heterocycles. The molecule has 0 aliphatic rings. The molecule has 1 aromatic heterocycles. The molecule has 4 heteroatoms. The summed E-state index contributed by atoms with van der Waals surface area (Å²) in [5, 5.41) is 10.2. The van der Waals surface area contributed by atoms with Crippen molar-refractivity contribution >= 4 is 22.9 Å². The van der Waals surface area contributed by atoms with Crippen LogP contribution in [-0.2, 0) is 6.42 Å². The Bertz CT molecular complexity index is 549. The molecule has 0 radical (unpaired) electrons. The summed E-state index contributed by atoms with van der Waals surface area (Å²) < 4.78 is 0. The highest BCUT2D eigenvalue weighted by Crippen LogP contribution is 2.14. The lowest BCUT2D eigenvalue weighted by Gasteiger charge is -2.09. The van der Waals surface area contributed by atoms with Crippen molar-refractivity contribution in [1.82, 2.24) is 5.32 Å². The minimum atomic E-state index is -0.00428. The summed E-state index contributed by atoms with van der Waals surface area (Å²) in [6, 6.07) is 7.85. The zero-order valence-corrected chi connectivity index (χ0v) is 12.0. The third kappa shape index (κ3) is 3.58. The maximum Gasteiger partial charge on any atom is 0.251 e. The summed E-state index contributed by atoms with van der Waals surface area (Å²) >= 11 is 1.68.